The molecule has 2 aliphatic heterocycles. The number of hydrogen-bond acceptors (Lipinski definition) is 9. The molecule has 274 valence electrons. The number of fused-ring (bicyclic) bond motifs is 4. The number of halogens is 3. The van der Waals surface area contributed by atoms with Gasteiger partial charge in [0.1, 0.15) is 5.82 Å². The van der Waals surface area contributed by atoms with Crippen molar-refractivity contribution in [1.29, 1.82) is 0 Å². The molecule has 4 aromatic rings. The number of carbonyl (C=O) groups is 4. The molecule has 2 heterocycles. The van der Waals surface area contributed by atoms with Crippen LogP contribution in [0.2, 0.25) is 5.02 Å². The van der Waals surface area contributed by atoms with E-state index in [-0.39, 0.29) is 47.0 Å². The number of imide groups is 2. The van der Waals surface area contributed by atoms with Crippen LogP contribution in [-0.4, -0.2) is 45.8 Å². The number of nitrogens with zero attached hydrogens (tertiary/aromatic N) is 3. The molecule has 4 amide bonds. The second-order valence-electron chi connectivity index (χ2n) is 13.7. The van der Waals surface area contributed by atoms with E-state index in [1.54, 1.807) is 36.4 Å². The van der Waals surface area contributed by atoms with Crippen molar-refractivity contribution < 1.29 is 38.3 Å². The lowest BCUT2D eigenvalue weighted by atomic mass is 9.49. The largest absolute Gasteiger partial charge is 0.504 e. The van der Waals surface area contributed by atoms with Crippen LogP contribution in [0.4, 0.5) is 21.5 Å². The molecular formula is C39H29BrClFN4O8. The maximum Gasteiger partial charge on any atom is 0.269 e. The predicted molar refractivity (Wildman–Crippen MR) is 197 cm³/mol. The van der Waals surface area contributed by atoms with E-state index in [0.717, 1.165) is 9.91 Å². The summed E-state index contributed by atoms with van der Waals surface area (Å²) >= 11 is 9.86. The number of nitro benzene ring substituents is 1. The summed E-state index contributed by atoms with van der Waals surface area (Å²) in [4.78, 5) is 70.4. The Kier molecular flexibility index (Phi) is 8.57. The highest BCUT2D eigenvalue weighted by Crippen LogP contribution is 2.65. The Bertz CT molecular complexity index is 2310. The lowest BCUT2D eigenvalue weighted by Crippen LogP contribution is -2.53. The molecule has 2 aliphatic carbocycles. The van der Waals surface area contributed by atoms with E-state index in [9.17, 15) is 34.0 Å². The Labute approximate surface area is 320 Å². The zero-order chi connectivity index (χ0) is 38.2. The number of anilines is 2. The first-order valence-electron chi connectivity index (χ1n) is 16.9. The summed E-state index contributed by atoms with van der Waals surface area (Å²) in [5, 5.41) is 24.5. The number of phenols is 1. The van der Waals surface area contributed by atoms with E-state index in [1.807, 2.05) is 6.08 Å². The number of carbonyl (C=O) groups excluding carboxylic acids is 4. The molecule has 4 aromatic carbocycles. The lowest BCUT2D eigenvalue weighted by molar-refractivity contribution is -0.384. The Morgan fingerprint density at radius 1 is 0.963 bits per heavy atom. The van der Waals surface area contributed by atoms with Gasteiger partial charge in [-0.05, 0) is 85.0 Å². The van der Waals surface area contributed by atoms with E-state index in [0.29, 0.717) is 20.6 Å². The Hall–Kier alpha value is -5.60. The van der Waals surface area contributed by atoms with Gasteiger partial charge in [0.2, 0.25) is 11.8 Å². The minimum absolute atomic E-state index is 0.0304. The number of phenolic OH excluding ortho intramolecular Hbond substituents is 1. The summed E-state index contributed by atoms with van der Waals surface area (Å²) in [5.74, 6) is -7.80. The quantitative estimate of drug-likeness (QED) is 0.0863. The highest BCUT2D eigenvalue weighted by atomic mass is 79.9. The summed E-state index contributed by atoms with van der Waals surface area (Å²) < 4.78 is 19.9. The van der Waals surface area contributed by atoms with Gasteiger partial charge in [-0.2, -0.15) is 5.01 Å². The average Bonchev–Trinajstić information content (AvgIpc) is 3.54. The van der Waals surface area contributed by atoms with Crippen molar-refractivity contribution in [1.82, 2.24) is 5.01 Å². The van der Waals surface area contributed by atoms with Crippen molar-refractivity contribution in [3.05, 3.63) is 133 Å². The number of aromatic hydroxyl groups is 1. The van der Waals surface area contributed by atoms with E-state index in [4.69, 9.17) is 16.3 Å². The van der Waals surface area contributed by atoms with Gasteiger partial charge < -0.3 is 9.84 Å². The van der Waals surface area contributed by atoms with Crippen molar-refractivity contribution in [3.8, 4) is 11.5 Å². The summed E-state index contributed by atoms with van der Waals surface area (Å²) in [7, 11) is 1.38. The first-order valence-corrected chi connectivity index (χ1v) is 18.1. The third kappa shape index (κ3) is 5.22. The summed E-state index contributed by atoms with van der Waals surface area (Å²) in [6.45, 7) is 0. The monoisotopic (exact) mass is 814 g/mol. The van der Waals surface area contributed by atoms with E-state index in [1.165, 1.54) is 55.6 Å². The van der Waals surface area contributed by atoms with Crippen LogP contribution in [0, 0.1) is 39.6 Å². The van der Waals surface area contributed by atoms with Crippen molar-refractivity contribution >= 4 is 68.2 Å². The third-order valence-electron chi connectivity index (χ3n) is 11.2. The van der Waals surface area contributed by atoms with Crippen molar-refractivity contribution in [3.63, 3.8) is 0 Å². The Morgan fingerprint density at radius 3 is 2.30 bits per heavy atom. The fraction of sp³-hybridized carbons (Fsp3) is 0.231. The second kappa shape index (κ2) is 13.1. The maximum absolute atomic E-state index is 15.3. The summed E-state index contributed by atoms with van der Waals surface area (Å²) in [6.07, 6.45) is 1.90. The molecule has 6 unspecified atom stereocenters. The molecule has 0 bridgehead atoms. The molecule has 8 rings (SSSR count). The standard InChI is InChI=1S/C39H29BrClFN4O8/c1-54-31-17-20(40)16-29(34(31)47)33-26-14-15-27-32(37(50)44(35(27)48)24-10-12-25(13-11-24)46(52)53)28(26)18-30-36(49)45(43-23-8-6-22(42)7-9-23)38(51)39(30,33)19-2-4-21(41)5-3-19/h2-14,16-17,27-28,30,32-33,43,47H,15,18H2,1H3. The molecule has 12 nitrogen and oxygen atoms in total. The number of non-ortho nitro benzene ring substituents is 1. The minimum Gasteiger partial charge on any atom is -0.504 e. The molecule has 3 fully saturated rings. The number of hydrogen-bond donors (Lipinski definition) is 2. The average molecular weight is 816 g/mol. The zero-order valence-corrected chi connectivity index (χ0v) is 30.6. The van der Waals surface area contributed by atoms with Crippen molar-refractivity contribution in [2.75, 3.05) is 17.4 Å². The number of amides is 4. The molecule has 54 heavy (non-hydrogen) atoms. The van der Waals surface area contributed by atoms with Gasteiger partial charge in [-0.1, -0.05) is 51.3 Å². The van der Waals surface area contributed by atoms with Crippen LogP contribution in [0.25, 0.3) is 0 Å². The van der Waals surface area contributed by atoms with Crippen molar-refractivity contribution in [2.45, 2.75) is 24.2 Å². The molecular weight excluding hydrogens is 787 g/mol. The van der Waals surface area contributed by atoms with Crippen LogP contribution in [0.15, 0.2) is 101 Å². The zero-order valence-electron chi connectivity index (χ0n) is 28.2. The van der Waals surface area contributed by atoms with Crippen molar-refractivity contribution in [2.24, 2.45) is 23.7 Å². The predicted octanol–water partition coefficient (Wildman–Crippen LogP) is 7.05. The SMILES string of the molecule is COc1cc(Br)cc(C2C3=CCC4C(=O)N(c5ccc([N+](=O)[O-])cc5)C(=O)C4C3CC3C(=O)N(Nc4ccc(F)cc4)C(=O)C32c2ccc(Cl)cc2)c1O. The van der Waals surface area contributed by atoms with Gasteiger partial charge in [0.25, 0.3) is 17.5 Å². The number of nitro groups is 1. The van der Waals surface area contributed by atoms with Gasteiger partial charge in [0.05, 0.1) is 46.6 Å². The molecule has 15 heteroatoms. The fourth-order valence-electron chi connectivity index (χ4n) is 8.95. The Balaban J connectivity index is 1.33. The Morgan fingerprint density at radius 2 is 1.65 bits per heavy atom. The number of methoxy groups -OCH3 is 1. The van der Waals surface area contributed by atoms with Crippen LogP contribution in [0.3, 0.4) is 0 Å². The fourth-order valence-corrected chi connectivity index (χ4v) is 9.53. The van der Waals surface area contributed by atoms with Gasteiger partial charge in [-0.3, -0.25) is 39.6 Å². The summed E-state index contributed by atoms with van der Waals surface area (Å²) in [5.41, 5.74) is 2.62. The first kappa shape index (κ1) is 35.4. The number of allylic oxidation sites excluding steroid dienone is 2. The molecule has 0 radical (unpaired) electrons. The smallest absolute Gasteiger partial charge is 0.269 e. The first-order chi connectivity index (χ1) is 25.9. The number of hydrazine groups is 1. The van der Waals surface area contributed by atoms with E-state index >= 15 is 4.79 Å². The molecule has 4 aliphatic rings. The van der Waals surface area contributed by atoms with Crippen LogP contribution in [0.5, 0.6) is 11.5 Å². The maximum atomic E-state index is 15.3. The number of rotatable bonds is 7. The second-order valence-corrected chi connectivity index (χ2v) is 15.1. The molecule has 2 saturated heterocycles. The molecule has 1 saturated carbocycles. The van der Waals surface area contributed by atoms with E-state index in [2.05, 4.69) is 21.4 Å². The van der Waals surface area contributed by atoms with Gasteiger partial charge in [0.15, 0.2) is 11.5 Å². The third-order valence-corrected chi connectivity index (χ3v) is 11.9. The van der Waals surface area contributed by atoms with Crippen LogP contribution in [0.1, 0.15) is 29.9 Å². The van der Waals surface area contributed by atoms with Gasteiger partial charge >= 0.3 is 0 Å². The van der Waals surface area contributed by atoms with Crippen LogP contribution < -0.4 is 15.1 Å². The van der Waals surface area contributed by atoms with Crippen LogP contribution in [-0.2, 0) is 24.6 Å². The van der Waals surface area contributed by atoms with Crippen LogP contribution >= 0.6 is 27.5 Å². The molecule has 0 spiro atoms. The number of ether oxygens (including phenoxy) is 1. The molecule has 6 atom stereocenters. The highest BCUT2D eigenvalue weighted by Gasteiger charge is 2.70. The molecule has 2 N–H and O–H groups in total. The van der Waals surface area contributed by atoms with Gasteiger partial charge in [-0.25, -0.2) is 4.39 Å². The highest BCUT2D eigenvalue weighted by molar-refractivity contribution is 9.10. The van der Waals surface area contributed by atoms with E-state index < -0.39 is 69.4 Å². The van der Waals surface area contributed by atoms with Gasteiger partial charge in [-0.15, -0.1) is 0 Å². The normalized spacial score (nSPS) is 25.9. The number of nitrogens with one attached hydrogen (secondary N) is 1. The number of benzene rings is 4. The van der Waals surface area contributed by atoms with Gasteiger partial charge in [0, 0.05) is 33.1 Å². The minimum atomic E-state index is -1.73. The molecule has 0 aromatic heterocycles. The summed E-state index contributed by atoms with van der Waals surface area (Å²) in [6, 6.07) is 20.0. The topological polar surface area (TPSA) is 159 Å². The lowest BCUT2D eigenvalue weighted by Gasteiger charge is -2.50.